The van der Waals surface area contributed by atoms with E-state index in [9.17, 15) is 13.6 Å². The molecule has 3 rings (SSSR count). The molecule has 4 nitrogen and oxygen atoms in total. The average Bonchev–Trinajstić information content (AvgIpc) is 3.07. The van der Waals surface area contributed by atoms with Crippen LogP contribution in [0.4, 0.5) is 8.78 Å². The minimum atomic E-state index is -0.427. The van der Waals surface area contributed by atoms with Crippen molar-refractivity contribution in [3.63, 3.8) is 0 Å². The van der Waals surface area contributed by atoms with E-state index in [1.807, 2.05) is 20.8 Å². The molecule has 0 spiro atoms. The van der Waals surface area contributed by atoms with E-state index >= 15 is 0 Å². The highest BCUT2D eigenvalue weighted by Crippen LogP contribution is 2.24. The number of rotatable bonds is 5. The minimum absolute atomic E-state index is 0.0500. The number of amides is 1. The molecule has 1 aromatic heterocycles. The number of halogens is 2. The van der Waals surface area contributed by atoms with E-state index in [-0.39, 0.29) is 29.4 Å². The first-order chi connectivity index (χ1) is 12.9. The topological polar surface area (TPSA) is 46.9 Å². The maximum atomic E-state index is 14.2. The standard InChI is InChI=1S/C21H21F2N3O/c1-13(2)14(3)24-21(27)20-12-19(17-6-4-5-7-18(17)23)25-26(20)16-10-8-15(22)9-11-16/h4-14H,1-3H3,(H,24,27)/t14-/m0/s1. The predicted octanol–water partition coefficient (Wildman–Crippen LogP) is 4.59. The van der Waals surface area contributed by atoms with Gasteiger partial charge in [0.05, 0.1) is 11.4 Å². The van der Waals surface area contributed by atoms with Gasteiger partial charge in [-0.1, -0.05) is 26.0 Å². The van der Waals surface area contributed by atoms with Crippen LogP contribution < -0.4 is 5.32 Å². The fraction of sp³-hybridized carbons (Fsp3) is 0.238. The molecule has 6 heteroatoms. The maximum absolute atomic E-state index is 14.2. The fourth-order valence-corrected chi connectivity index (χ4v) is 2.57. The van der Waals surface area contributed by atoms with Gasteiger partial charge in [0.1, 0.15) is 17.3 Å². The molecule has 140 valence electrons. The van der Waals surface area contributed by atoms with E-state index in [2.05, 4.69) is 10.4 Å². The van der Waals surface area contributed by atoms with Crippen molar-refractivity contribution in [2.24, 2.45) is 5.92 Å². The van der Waals surface area contributed by atoms with Crippen LogP contribution in [0.15, 0.2) is 54.6 Å². The lowest BCUT2D eigenvalue weighted by Gasteiger charge is -2.17. The zero-order valence-electron chi connectivity index (χ0n) is 15.4. The summed E-state index contributed by atoms with van der Waals surface area (Å²) in [5, 5.41) is 7.34. The van der Waals surface area contributed by atoms with Crippen molar-refractivity contribution in [3.05, 3.63) is 71.9 Å². The molecule has 1 atom stereocenters. The van der Waals surface area contributed by atoms with Crippen LogP contribution in [-0.4, -0.2) is 21.7 Å². The lowest BCUT2D eigenvalue weighted by Crippen LogP contribution is -2.37. The molecule has 0 aliphatic carbocycles. The maximum Gasteiger partial charge on any atom is 0.270 e. The summed E-state index contributed by atoms with van der Waals surface area (Å²) in [6.07, 6.45) is 0. The van der Waals surface area contributed by atoms with Gasteiger partial charge in [0.2, 0.25) is 0 Å². The Kier molecular flexibility index (Phi) is 5.35. The minimum Gasteiger partial charge on any atom is -0.348 e. The normalized spacial score (nSPS) is 12.2. The second-order valence-corrected chi connectivity index (χ2v) is 6.79. The van der Waals surface area contributed by atoms with Crippen molar-refractivity contribution in [1.29, 1.82) is 0 Å². The molecular weight excluding hydrogens is 348 g/mol. The van der Waals surface area contributed by atoms with E-state index in [0.29, 0.717) is 16.9 Å². The van der Waals surface area contributed by atoms with Gasteiger partial charge in [-0.3, -0.25) is 4.79 Å². The summed E-state index contributed by atoms with van der Waals surface area (Å²) in [5.74, 6) is -0.888. The summed E-state index contributed by atoms with van der Waals surface area (Å²) in [6, 6.07) is 13.4. The second kappa shape index (κ2) is 7.70. The van der Waals surface area contributed by atoms with E-state index in [1.54, 1.807) is 24.3 Å². The van der Waals surface area contributed by atoms with Gasteiger partial charge in [-0.2, -0.15) is 5.10 Å². The zero-order chi connectivity index (χ0) is 19.6. The molecular formula is C21H21F2N3O. The van der Waals surface area contributed by atoms with Crippen LogP contribution in [0.3, 0.4) is 0 Å². The average molecular weight is 369 g/mol. The molecule has 0 bridgehead atoms. The molecule has 27 heavy (non-hydrogen) atoms. The number of carbonyl (C=O) groups excluding carboxylic acids is 1. The van der Waals surface area contributed by atoms with Gasteiger partial charge in [0.25, 0.3) is 5.91 Å². The second-order valence-electron chi connectivity index (χ2n) is 6.79. The van der Waals surface area contributed by atoms with Gasteiger partial charge < -0.3 is 5.32 Å². The fourth-order valence-electron chi connectivity index (χ4n) is 2.57. The lowest BCUT2D eigenvalue weighted by atomic mass is 10.1. The number of carbonyl (C=O) groups is 1. The number of hydrogen-bond acceptors (Lipinski definition) is 2. The van der Waals surface area contributed by atoms with Crippen LogP contribution in [0, 0.1) is 17.6 Å². The molecule has 0 saturated carbocycles. The van der Waals surface area contributed by atoms with Crippen LogP contribution in [-0.2, 0) is 0 Å². The SMILES string of the molecule is CC(C)[C@H](C)NC(=O)c1cc(-c2ccccc2F)nn1-c1ccc(F)cc1. The molecule has 1 heterocycles. The van der Waals surface area contributed by atoms with E-state index in [0.717, 1.165) is 0 Å². The summed E-state index contributed by atoms with van der Waals surface area (Å²) in [5.41, 5.74) is 1.40. The van der Waals surface area contributed by atoms with Gasteiger partial charge in [-0.25, -0.2) is 13.5 Å². The Balaban J connectivity index is 2.08. The molecule has 1 N–H and O–H groups in total. The molecule has 0 radical (unpaired) electrons. The van der Waals surface area contributed by atoms with Crippen molar-refractivity contribution >= 4 is 5.91 Å². The molecule has 0 aliphatic heterocycles. The van der Waals surface area contributed by atoms with Crippen molar-refractivity contribution < 1.29 is 13.6 Å². The number of nitrogens with zero attached hydrogens (tertiary/aromatic N) is 2. The van der Waals surface area contributed by atoms with Gasteiger partial charge in [0, 0.05) is 11.6 Å². The highest BCUT2D eigenvalue weighted by Gasteiger charge is 2.21. The van der Waals surface area contributed by atoms with Gasteiger partial charge in [-0.15, -0.1) is 0 Å². The predicted molar refractivity (Wildman–Crippen MR) is 101 cm³/mol. The third-order valence-corrected chi connectivity index (χ3v) is 4.52. The van der Waals surface area contributed by atoms with Crippen LogP contribution in [0.5, 0.6) is 0 Å². The molecule has 0 fully saturated rings. The number of nitrogens with one attached hydrogen (secondary N) is 1. The monoisotopic (exact) mass is 369 g/mol. The highest BCUT2D eigenvalue weighted by molar-refractivity contribution is 5.94. The van der Waals surface area contributed by atoms with E-state index < -0.39 is 5.82 Å². The molecule has 2 aromatic carbocycles. The third kappa shape index (κ3) is 4.05. The van der Waals surface area contributed by atoms with Gasteiger partial charge >= 0.3 is 0 Å². The number of benzene rings is 2. The highest BCUT2D eigenvalue weighted by atomic mass is 19.1. The molecule has 0 aliphatic rings. The van der Waals surface area contributed by atoms with Crippen LogP contribution in [0.2, 0.25) is 0 Å². The van der Waals surface area contributed by atoms with Crippen molar-refractivity contribution in [3.8, 4) is 16.9 Å². The molecule has 3 aromatic rings. The summed E-state index contributed by atoms with van der Waals surface area (Å²) >= 11 is 0. The molecule has 1 amide bonds. The summed E-state index contributed by atoms with van der Waals surface area (Å²) < 4.78 is 28.9. The van der Waals surface area contributed by atoms with Crippen LogP contribution in [0.1, 0.15) is 31.3 Å². The van der Waals surface area contributed by atoms with Gasteiger partial charge in [-0.05, 0) is 55.3 Å². The first-order valence-corrected chi connectivity index (χ1v) is 8.78. The first kappa shape index (κ1) is 18.8. The Morgan fingerprint density at radius 2 is 1.70 bits per heavy atom. The lowest BCUT2D eigenvalue weighted by molar-refractivity contribution is 0.0922. The summed E-state index contributed by atoms with van der Waals surface area (Å²) in [4.78, 5) is 12.8. The largest absolute Gasteiger partial charge is 0.348 e. The Morgan fingerprint density at radius 3 is 2.33 bits per heavy atom. The summed E-state index contributed by atoms with van der Waals surface area (Å²) in [7, 11) is 0. The smallest absolute Gasteiger partial charge is 0.270 e. The molecule has 0 saturated heterocycles. The molecule has 0 unspecified atom stereocenters. The van der Waals surface area contributed by atoms with Gasteiger partial charge in [0.15, 0.2) is 0 Å². The Morgan fingerprint density at radius 1 is 1.04 bits per heavy atom. The van der Waals surface area contributed by atoms with Crippen LogP contribution in [0.25, 0.3) is 16.9 Å². The Hall–Kier alpha value is -3.02. The first-order valence-electron chi connectivity index (χ1n) is 8.78. The van der Waals surface area contributed by atoms with Crippen LogP contribution >= 0.6 is 0 Å². The van der Waals surface area contributed by atoms with Crippen molar-refractivity contribution in [1.82, 2.24) is 15.1 Å². The third-order valence-electron chi connectivity index (χ3n) is 4.52. The summed E-state index contributed by atoms with van der Waals surface area (Å²) in [6.45, 7) is 5.93. The van der Waals surface area contributed by atoms with E-state index in [1.165, 1.54) is 35.0 Å². The number of hydrogen-bond donors (Lipinski definition) is 1. The quantitative estimate of drug-likeness (QED) is 0.715. The Bertz CT molecular complexity index is 948. The zero-order valence-corrected chi connectivity index (χ0v) is 15.4. The Labute approximate surface area is 156 Å². The van der Waals surface area contributed by atoms with E-state index in [4.69, 9.17) is 0 Å². The van der Waals surface area contributed by atoms with Crippen molar-refractivity contribution in [2.75, 3.05) is 0 Å². The number of aromatic nitrogens is 2. The van der Waals surface area contributed by atoms with Crippen molar-refractivity contribution in [2.45, 2.75) is 26.8 Å².